The quantitative estimate of drug-likeness (QED) is 0.308. The lowest BCUT2D eigenvalue weighted by Crippen LogP contribution is -1.99. The fourth-order valence-corrected chi connectivity index (χ4v) is 1.84. The van der Waals surface area contributed by atoms with Crippen LogP contribution in [0.5, 0.6) is 0 Å². The predicted octanol–water partition coefficient (Wildman–Crippen LogP) is 16.8. The molecular weight excluding hydrogens is 444 g/mol. The second-order valence-electron chi connectivity index (χ2n) is 4.40. The monoisotopic (exact) mass is 539 g/mol. The van der Waals surface area contributed by atoms with Gasteiger partial charge in [0.25, 0.3) is 0 Å². The van der Waals surface area contributed by atoms with Crippen molar-refractivity contribution >= 4 is 0 Å². The summed E-state index contributed by atoms with van der Waals surface area (Å²) in [6, 6.07) is 10.3. The molecule has 242 valence electrons. The standard InChI is InChI=1S/C7H14.C7H8.10C2H6.3CH4/c2*1-7-5-3-2-4-6-7;10*1-2;;;/h7H,2-6H2,1H3;2-6H,1H3;10*1-2H3;3*1H4. The highest BCUT2D eigenvalue weighted by atomic mass is 14.1. The SMILES string of the molecule is C.C.C.CC.CC.CC.CC.CC.CC.CC.CC.CC.CC.CC1CCCCC1.Cc1ccccc1. The molecule has 0 radical (unpaired) electrons. The van der Waals surface area contributed by atoms with Crippen molar-refractivity contribution in [2.24, 2.45) is 5.92 Å². The molecule has 0 bridgehead atoms. The van der Waals surface area contributed by atoms with Gasteiger partial charge in [0, 0.05) is 0 Å². The van der Waals surface area contributed by atoms with Crippen LogP contribution in [0.2, 0.25) is 0 Å². The fourth-order valence-electron chi connectivity index (χ4n) is 1.84. The molecule has 0 N–H and O–H groups in total. The summed E-state index contributed by atoms with van der Waals surface area (Å²) in [4.78, 5) is 0. The van der Waals surface area contributed by atoms with Crippen molar-refractivity contribution in [1.82, 2.24) is 0 Å². The first-order chi connectivity index (χ1) is 16.8. The van der Waals surface area contributed by atoms with Crippen molar-refractivity contribution in [2.75, 3.05) is 0 Å². The highest BCUT2D eigenvalue weighted by molar-refractivity contribution is 5.11. The lowest BCUT2D eigenvalue weighted by atomic mass is 9.91. The molecule has 1 aromatic carbocycles. The van der Waals surface area contributed by atoms with Crippen LogP contribution in [0, 0.1) is 12.8 Å². The molecular formula is C37H94. The van der Waals surface area contributed by atoms with E-state index in [0.29, 0.717) is 0 Å². The van der Waals surface area contributed by atoms with Gasteiger partial charge in [-0.1, -0.05) is 236 Å². The average Bonchev–Trinajstić information content (AvgIpc) is 3.00. The number of aryl methyl sites for hydroxylation is 1. The molecule has 1 aromatic rings. The normalized spacial score (nSPS) is 8.05. The summed E-state index contributed by atoms with van der Waals surface area (Å²) < 4.78 is 0. The minimum Gasteiger partial charge on any atom is -0.0776 e. The summed E-state index contributed by atoms with van der Waals surface area (Å²) in [5.41, 5.74) is 1.32. The topological polar surface area (TPSA) is 0 Å². The number of hydrogen-bond acceptors (Lipinski definition) is 0. The van der Waals surface area contributed by atoms with Crippen LogP contribution in [-0.2, 0) is 0 Å². The third kappa shape index (κ3) is 168. The van der Waals surface area contributed by atoms with E-state index in [9.17, 15) is 0 Å². The van der Waals surface area contributed by atoms with Gasteiger partial charge in [0.15, 0.2) is 0 Å². The molecule has 0 heterocycles. The largest absolute Gasteiger partial charge is 0.0776 e. The Labute approximate surface area is 248 Å². The van der Waals surface area contributed by atoms with Gasteiger partial charge < -0.3 is 0 Å². The van der Waals surface area contributed by atoms with E-state index in [0.717, 1.165) is 5.92 Å². The summed E-state index contributed by atoms with van der Waals surface area (Å²) in [6.07, 6.45) is 7.44. The van der Waals surface area contributed by atoms with Crippen molar-refractivity contribution < 1.29 is 0 Å². The highest BCUT2D eigenvalue weighted by Gasteiger charge is 2.05. The first-order valence-electron chi connectivity index (χ1n) is 15.8. The van der Waals surface area contributed by atoms with Crippen molar-refractivity contribution in [3.63, 3.8) is 0 Å². The number of benzene rings is 1. The third-order valence-corrected chi connectivity index (χ3v) is 2.83. The van der Waals surface area contributed by atoms with E-state index in [4.69, 9.17) is 0 Å². The molecule has 0 unspecified atom stereocenters. The molecule has 0 aliphatic heterocycles. The minimum absolute atomic E-state index is 0. The molecule has 37 heavy (non-hydrogen) atoms. The van der Waals surface area contributed by atoms with Crippen LogP contribution in [-0.4, -0.2) is 0 Å². The maximum absolute atomic E-state index is 2.36. The Morgan fingerprint density at radius 1 is 0.405 bits per heavy atom. The van der Waals surface area contributed by atoms with Crippen molar-refractivity contribution in [2.45, 2.75) is 207 Å². The van der Waals surface area contributed by atoms with Crippen molar-refractivity contribution in [3.05, 3.63) is 35.9 Å². The minimum atomic E-state index is 0. The summed E-state index contributed by atoms with van der Waals surface area (Å²) in [6.45, 7) is 44.4. The summed E-state index contributed by atoms with van der Waals surface area (Å²) >= 11 is 0. The predicted molar refractivity (Wildman–Crippen MR) is 197 cm³/mol. The Bertz CT molecular complexity index is 219. The van der Waals surface area contributed by atoms with Crippen LogP contribution in [0.1, 0.15) is 205 Å². The van der Waals surface area contributed by atoms with Crippen LogP contribution < -0.4 is 0 Å². The average molecular weight is 539 g/mol. The molecule has 0 atom stereocenters. The van der Waals surface area contributed by atoms with Crippen LogP contribution in [0.15, 0.2) is 30.3 Å². The molecule has 1 aliphatic carbocycles. The molecule has 0 aromatic heterocycles. The zero-order valence-corrected chi connectivity index (χ0v) is 29.5. The molecule has 2 rings (SSSR count). The van der Waals surface area contributed by atoms with Crippen molar-refractivity contribution in [3.8, 4) is 0 Å². The van der Waals surface area contributed by atoms with Gasteiger partial charge in [-0.3, -0.25) is 0 Å². The Morgan fingerprint density at radius 2 is 0.622 bits per heavy atom. The summed E-state index contributed by atoms with van der Waals surface area (Å²) in [7, 11) is 0. The van der Waals surface area contributed by atoms with Gasteiger partial charge in [0.2, 0.25) is 0 Å². The molecule has 0 spiro atoms. The lowest BCUT2D eigenvalue weighted by molar-refractivity contribution is 0.385. The van der Waals surface area contributed by atoms with E-state index in [2.05, 4.69) is 26.0 Å². The van der Waals surface area contributed by atoms with E-state index < -0.39 is 0 Å². The maximum Gasteiger partial charge on any atom is -0.0398 e. The Kier molecular flexibility index (Phi) is 401. The van der Waals surface area contributed by atoms with E-state index in [1.54, 1.807) is 0 Å². The summed E-state index contributed by atoms with van der Waals surface area (Å²) in [5, 5.41) is 0. The Hall–Kier alpha value is -0.780. The highest BCUT2D eigenvalue weighted by Crippen LogP contribution is 2.22. The molecule has 1 aliphatic rings. The second kappa shape index (κ2) is 178. The first kappa shape index (κ1) is 83.3. The van der Waals surface area contributed by atoms with E-state index in [1.165, 1.54) is 37.7 Å². The molecule has 0 nitrogen and oxygen atoms in total. The molecule has 0 saturated heterocycles. The van der Waals surface area contributed by atoms with Gasteiger partial charge in [-0.2, -0.15) is 0 Å². The third-order valence-electron chi connectivity index (χ3n) is 2.83. The smallest absolute Gasteiger partial charge is 0.0398 e. The van der Waals surface area contributed by atoms with Gasteiger partial charge in [-0.15, -0.1) is 0 Å². The Balaban J connectivity index is -0.0000000164. The van der Waals surface area contributed by atoms with E-state index in [1.807, 2.05) is 157 Å². The van der Waals surface area contributed by atoms with Gasteiger partial charge >= 0.3 is 0 Å². The zero-order valence-electron chi connectivity index (χ0n) is 29.5. The van der Waals surface area contributed by atoms with Crippen LogP contribution in [0.4, 0.5) is 0 Å². The maximum atomic E-state index is 2.36. The molecule has 0 amide bonds. The Morgan fingerprint density at radius 3 is 0.730 bits per heavy atom. The number of hydrogen-bond donors (Lipinski definition) is 0. The van der Waals surface area contributed by atoms with Crippen LogP contribution >= 0.6 is 0 Å². The molecule has 0 heteroatoms. The van der Waals surface area contributed by atoms with Gasteiger partial charge in [-0.05, 0) is 12.8 Å². The molecule has 1 saturated carbocycles. The zero-order chi connectivity index (χ0) is 30.2. The van der Waals surface area contributed by atoms with Crippen molar-refractivity contribution in [1.29, 1.82) is 0 Å². The van der Waals surface area contributed by atoms with Gasteiger partial charge in [-0.25, -0.2) is 0 Å². The first-order valence-corrected chi connectivity index (χ1v) is 15.8. The van der Waals surface area contributed by atoms with Crippen LogP contribution in [0.25, 0.3) is 0 Å². The molecule has 1 fully saturated rings. The van der Waals surface area contributed by atoms with E-state index in [-0.39, 0.29) is 22.3 Å². The van der Waals surface area contributed by atoms with Crippen LogP contribution in [0.3, 0.4) is 0 Å². The van der Waals surface area contributed by atoms with Gasteiger partial charge in [0.1, 0.15) is 0 Å². The number of rotatable bonds is 0. The van der Waals surface area contributed by atoms with Gasteiger partial charge in [0.05, 0.1) is 0 Å². The second-order valence-corrected chi connectivity index (χ2v) is 4.40. The lowest BCUT2D eigenvalue weighted by Gasteiger charge is -2.15. The fraction of sp³-hybridized carbons (Fsp3) is 0.838. The van der Waals surface area contributed by atoms with E-state index >= 15 is 0 Å². The summed E-state index contributed by atoms with van der Waals surface area (Å²) in [5.74, 6) is 1.04.